The molecular formula is C41H41N5O7S. The van der Waals surface area contributed by atoms with Gasteiger partial charge in [-0.05, 0) is 45.5 Å². The molecule has 5 atom stereocenters. The summed E-state index contributed by atoms with van der Waals surface area (Å²) in [6, 6.07) is 31.7. The van der Waals surface area contributed by atoms with Crippen LogP contribution < -0.4 is 5.32 Å². The highest BCUT2D eigenvalue weighted by Gasteiger charge is 2.40. The first-order valence-electron chi connectivity index (χ1n) is 17.7. The first-order chi connectivity index (χ1) is 26.2. The van der Waals surface area contributed by atoms with Crippen molar-refractivity contribution in [2.45, 2.75) is 62.8 Å². The second-order valence-corrected chi connectivity index (χ2v) is 14.5. The van der Waals surface area contributed by atoms with Crippen LogP contribution in [-0.2, 0) is 50.6 Å². The third-order valence-corrected chi connectivity index (χ3v) is 10.8. The molecule has 3 heterocycles. The molecule has 278 valence electrons. The number of rotatable bonds is 12. The molecule has 3 amide bonds. The summed E-state index contributed by atoms with van der Waals surface area (Å²) in [6.07, 6.45) is -0.331. The summed E-state index contributed by atoms with van der Waals surface area (Å²) in [5.41, 5.74) is 6.04. The molecule has 2 saturated heterocycles. The number of aromatic nitrogens is 3. The van der Waals surface area contributed by atoms with Gasteiger partial charge in [0.2, 0.25) is 5.91 Å². The molecule has 4 aromatic carbocycles. The summed E-state index contributed by atoms with van der Waals surface area (Å²) in [7, 11) is 1.91. The number of imide groups is 1. The first-order valence-corrected chi connectivity index (χ1v) is 18.7. The molecule has 12 nitrogen and oxygen atoms in total. The highest BCUT2D eigenvalue weighted by molar-refractivity contribution is 7.99. The van der Waals surface area contributed by atoms with E-state index < -0.39 is 24.3 Å². The number of aryl methyl sites for hydroxylation is 1. The molecule has 2 aliphatic rings. The number of thioether (sulfide) groups is 1. The maximum Gasteiger partial charge on any atom is 0.408 e. The Kier molecular flexibility index (Phi) is 11.5. The number of hydrogen-bond acceptors (Lipinski definition) is 10. The van der Waals surface area contributed by atoms with Crippen LogP contribution in [0.1, 0.15) is 53.6 Å². The average Bonchev–Trinajstić information content (AvgIpc) is 3.73. The predicted molar refractivity (Wildman–Crippen MR) is 200 cm³/mol. The lowest BCUT2D eigenvalue weighted by molar-refractivity contribution is -0.268. The second-order valence-electron chi connectivity index (χ2n) is 13.5. The van der Waals surface area contributed by atoms with Crippen molar-refractivity contribution >= 4 is 29.7 Å². The largest absolute Gasteiger partial charge is 0.445 e. The summed E-state index contributed by atoms with van der Waals surface area (Å²) in [5, 5.41) is 21.2. The predicted octanol–water partition coefficient (Wildman–Crippen LogP) is 6.11. The van der Waals surface area contributed by atoms with Gasteiger partial charge in [0.25, 0.3) is 5.91 Å². The summed E-state index contributed by atoms with van der Waals surface area (Å²) in [6.45, 7) is 2.21. The summed E-state index contributed by atoms with van der Waals surface area (Å²) >= 11 is 1.58. The van der Waals surface area contributed by atoms with E-state index in [2.05, 4.69) is 22.4 Å². The highest BCUT2D eigenvalue weighted by Crippen LogP contribution is 2.43. The first kappa shape index (κ1) is 37.0. The molecule has 2 aliphatic heterocycles. The maximum absolute atomic E-state index is 13.2. The third kappa shape index (κ3) is 8.55. The summed E-state index contributed by atoms with van der Waals surface area (Å²) in [4.78, 5) is 39.8. The molecule has 2 N–H and O–H groups in total. The lowest BCUT2D eigenvalue weighted by atomic mass is 9.91. The van der Waals surface area contributed by atoms with Gasteiger partial charge in [-0.25, -0.2) is 4.79 Å². The minimum absolute atomic E-state index is 0.00700. The smallest absolute Gasteiger partial charge is 0.408 e. The van der Waals surface area contributed by atoms with Gasteiger partial charge < -0.3 is 29.2 Å². The lowest BCUT2D eigenvalue weighted by Crippen LogP contribution is -2.41. The molecule has 0 bridgehead atoms. The SMILES string of the molecule is CC1C(CSc2nncn2C)OC(c2cccc(-c3cccc(CN4C(=O)CC(NC(=O)OCc5ccccc5)C4=O)c3)c2)OC1c1ccc(CO)cc1. The number of nitrogens with zero attached hydrogens (tertiary/aromatic N) is 4. The van der Waals surface area contributed by atoms with Gasteiger partial charge in [0.1, 0.15) is 19.0 Å². The van der Waals surface area contributed by atoms with Gasteiger partial charge in [-0.3, -0.25) is 14.5 Å². The lowest BCUT2D eigenvalue weighted by Gasteiger charge is -2.41. The number of carbonyl (C=O) groups excluding carboxylic acids is 3. The minimum atomic E-state index is -0.988. The van der Waals surface area contributed by atoms with Crippen LogP contribution in [0, 0.1) is 5.92 Å². The van der Waals surface area contributed by atoms with E-state index in [0.717, 1.165) is 44.1 Å². The van der Waals surface area contributed by atoms with Gasteiger partial charge in [0, 0.05) is 24.3 Å². The Balaban J connectivity index is 1.05. The Labute approximate surface area is 317 Å². The molecule has 0 radical (unpaired) electrons. The van der Waals surface area contributed by atoms with E-state index >= 15 is 0 Å². The fraction of sp³-hybridized carbons (Fsp3) is 0.293. The maximum atomic E-state index is 13.2. The molecule has 7 rings (SSSR count). The van der Waals surface area contributed by atoms with Crippen LogP contribution in [-0.4, -0.2) is 60.6 Å². The Morgan fingerprint density at radius 2 is 1.65 bits per heavy atom. The van der Waals surface area contributed by atoms with Crippen LogP contribution in [0.4, 0.5) is 4.79 Å². The van der Waals surface area contributed by atoms with Crippen molar-refractivity contribution in [1.29, 1.82) is 0 Å². The molecule has 0 spiro atoms. The van der Waals surface area contributed by atoms with E-state index in [9.17, 15) is 19.5 Å². The molecular weight excluding hydrogens is 707 g/mol. The molecule has 0 saturated carbocycles. The van der Waals surface area contributed by atoms with E-state index in [1.807, 2.05) is 115 Å². The summed E-state index contributed by atoms with van der Waals surface area (Å²) in [5.74, 6) is -0.196. The molecule has 0 aliphatic carbocycles. The number of nitrogens with one attached hydrogen (secondary N) is 1. The zero-order chi connectivity index (χ0) is 37.6. The van der Waals surface area contributed by atoms with Crippen LogP contribution >= 0.6 is 11.8 Å². The van der Waals surface area contributed by atoms with Crippen molar-refractivity contribution in [3.63, 3.8) is 0 Å². The van der Waals surface area contributed by atoms with Gasteiger partial charge in [0.05, 0.1) is 31.8 Å². The van der Waals surface area contributed by atoms with Crippen molar-refractivity contribution < 1.29 is 33.7 Å². The van der Waals surface area contributed by atoms with E-state index in [-0.39, 0.29) is 50.2 Å². The number of carbonyl (C=O) groups is 3. The molecule has 54 heavy (non-hydrogen) atoms. The highest BCUT2D eigenvalue weighted by atomic mass is 32.2. The van der Waals surface area contributed by atoms with E-state index in [1.165, 1.54) is 4.90 Å². The van der Waals surface area contributed by atoms with Gasteiger partial charge in [-0.2, -0.15) is 0 Å². The van der Waals surface area contributed by atoms with Crippen LogP contribution in [0.2, 0.25) is 0 Å². The Morgan fingerprint density at radius 1 is 0.907 bits per heavy atom. The van der Waals surface area contributed by atoms with Gasteiger partial charge in [-0.1, -0.05) is 110 Å². The van der Waals surface area contributed by atoms with Crippen molar-refractivity contribution in [2.24, 2.45) is 13.0 Å². The van der Waals surface area contributed by atoms with Crippen LogP contribution in [0.5, 0.6) is 0 Å². The number of ether oxygens (including phenoxy) is 3. The fourth-order valence-corrected chi connectivity index (χ4v) is 7.69. The zero-order valence-electron chi connectivity index (χ0n) is 29.9. The Hall–Kier alpha value is -5.34. The second kappa shape index (κ2) is 16.8. The van der Waals surface area contributed by atoms with Crippen molar-refractivity contribution in [3.8, 4) is 11.1 Å². The number of amides is 3. The van der Waals surface area contributed by atoms with Gasteiger partial charge in [-0.15, -0.1) is 10.2 Å². The van der Waals surface area contributed by atoms with E-state index in [1.54, 1.807) is 18.1 Å². The molecule has 13 heteroatoms. The van der Waals surface area contributed by atoms with Gasteiger partial charge in [0.15, 0.2) is 11.4 Å². The van der Waals surface area contributed by atoms with Crippen LogP contribution in [0.15, 0.2) is 115 Å². The van der Waals surface area contributed by atoms with Crippen LogP contribution in [0.25, 0.3) is 11.1 Å². The normalized spacial score (nSPS) is 21.3. The number of likely N-dealkylation sites (tertiary alicyclic amines) is 1. The standard InChI is InChI=1S/C41H41N5O7S/c1-26-35(24-54-40-44-42-25-45(40)2)52-39(53-37(26)30-16-14-27(22-47)15-17-30)33-13-7-12-32(19-33)31-11-6-10-29(18-31)21-46-36(48)20-34(38(46)49)43-41(50)51-23-28-8-4-3-5-9-28/h3-19,25-26,34-35,37,39,47H,20-24H2,1-2H3,(H,43,50). The number of benzene rings is 4. The van der Waals surface area contributed by atoms with E-state index in [0.29, 0.717) is 5.75 Å². The van der Waals surface area contributed by atoms with E-state index in [4.69, 9.17) is 14.2 Å². The molecule has 1 aromatic heterocycles. The van der Waals surface area contributed by atoms with Crippen molar-refractivity contribution in [1.82, 2.24) is 25.0 Å². The third-order valence-electron chi connectivity index (χ3n) is 9.68. The fourth-order valence-electron chi connectivity index (χ4n) is 6.64. The monoisotopic (exact) mass is 747 g/mol. The average molecular weight is 748 g/mol. The topological polar surface area (TPSA) is 145 Å². The quantitative estimate of drug-likeness (QED) is 0.113. The summed E-state index contributed by atoms with van der Waals surface area (Å²) < 4.78 is 20.5. The van der Waals surface area contributed by atoms with Crippen LogP contribution in [0.3, 0.4) is 0 Å². The molecule has 5 aromatic rings. The Bertz CT molecular complexity index is 2090. The molecule has 5 unspecified atom stereocenters. The Morgan fingerprint density at radius 3 is 2.39 bits per heavy atom. The number of hydrogen-bond donors (Lipinski definition) is 2. The van der Waals surface area contributed by atoms with Crippen molar-refractivity contribution in [3.05, 3.63) is 137 Å². The molecule has 2 fully saturated rings. The zero-order valence-corrected chi connectivity index (χ0v) is 30.7. The minimum Gasteiger partial charge on any atom is -0.445 e. The number of aliphatic hydroxyl groups excluding tert-OH is 1. The van der Waals surface area contributed by atoms with Gasteiger partial charge >= 0.3 is 6.09 Å². The number of aliphatic hydroxyl groups is 1. The number of alkyl carbamates (subject to hydrolysis) is 1. The van der Waals surface area contributed by atoms with Crippen molar-refractivity contribution in [2.75, 3.05) is 5.75 Å².